The van der Waals surface area contributed by atoms with Gasteiger partial charge in [0, 0.05) is 17.2 Å². The number of amides is 2. The molecule has 9 heteroatoms. The van der Waals surface area contributed by atoms with Crippen molar-refractivity contribution in [3.8, 4) is 11.1 Å². The zero-order valence-electron chi connectivity index (χ0n) is 15.1. The molecular formula is C19H19N7O2. The number of H-pyrrole nitrogens is 1. The Bertz CT molecular complexity index is 1030. The number of nitrogens with zero attached hydrogens (tertiary/aromatic N) is 3. The second-order valence-electron chi connectivity index (χ2n) is 7.07. The lowest BCUT2D eigenvalue weighted by Gasteiger charge is -2.30. The van der Waals surface area contributed by atoms with E-state index in [1.54, 1.807) is 24.3 Å². The molecule has 0 unspecified atom stereocenters. The summed E-state index contributed by atoms with van der Waals surface area (Å²) in [6.45, 7) is 1.90. The maximum absolute atomic E-state index is 11.7. The Balaban J connectivity index is 2.10. The Hall–Kier alpha value is -3.59. The number of hydrogen-bond acceptors (Lipinski definition) is 6. The van der Waals surface area contributed by atoms with Gasteiger partial charge < -0.3 is 17.2 Å². The van der Waals surface area contributed by atoms with E-state index in [2.05, 4.69) is 20.6 Å². The molecule has 1 atom stereocenters. The number of carbonyl (C=O) groups is 2. The second-order valence-corrected chi connectivity index (χ2v) is 7.07. The van der Waals surface area contributed by atoms with Gasteiger partial charge in [-0.05, 0) is 59.9 Å². The van der Waals surface area contributed by atoms with Gasteiger partial charge in [-0.1, -0.05) is 17.3 Å². The van der Waals surface area contributed by atoms with Gasteiger partial charge in [0.15, 0.2) is 5.82 Å². The van der Waals surface area contributed by atoms with E-state index in [9.17, 15) is 9.59 Å². The Morgan fingerprint density at radius 1 is 1.04 bits per heavy atom. The monoisotopic (exact) mass is 377 g/mol. The molecule has 0 saturated heterocycles. The third kappa shape index (κ3) is 2.48. The lowest BCUT2D eigenvalue weighted by molar-refractivity contribution is 0.0991. The van der Waals surface area contributed by atoms with Crippen molar-refractivity contribution in [2.75, 3.05) is 0 Å². The molecule has 3 aromatic rings. The van der Waals surface area contributed by atoms with Crippen LogP contribution in [0, 0.1) is 0 Å². The number of tetrazole rings is 1. The minimum Gasteiger partial charge on any atom is -0.366 e. The maximum Gasteiger partial charge on any atom is 0.248 e. The summed E-state index contributed by atoms with van der Waals surface area (Å²) in [7, 11) is 0. The van der Waals surface area contributed by atoms with Gasteiger partial charge in [0.05, 0.1) is 5.41 Å². The number of hydrogen-bond donors (Lipinski definition) is 4. The van der Waals surface area contributed by atoms with Crippen molar-refractivity contribution in [2.45, 2.75) is 24.8 Å². The van der Waals surface area contributed by atoms with Crippen LogP contribution in [0.2, 0.25) is 0 Å². The van der Waals surface area contributed by atoms with Crippen molar-refractivity contribution in [2.24, 2.45) is 17.2 Å². The summed E-state index contributed by atoms with van der Waals surface area (Å²) >= 11 is 0. The topological polar surface area (TPSA) is 167 Å². The summed E-state index contributed by atoms with van der Waals surface area (Å²) < 4.78 is 0. The Labute approximate surface area is 160 Å². The quantitative estimate of drug-likeness (QED) is 0.503. The highest BCUT2D eigenvalue weighted by molar-refractivity contribution is 5.98. The normalized spacial score (nSPS) is 14.9. The van der Waals surface area contributed by atoms with E-state index in [1.165, 1.54) is 0 Å². The first-order chi connectivity index (χ1) is 13.3. The van der Waals surface area contributed by atoms with E-state index in [0.29, 0.717) is 23.4 Å². The van der Waals surface area contributed by atoms with Crippen LogP contribution in [0.25, 0.3) is 11.1 Å². The van der Waals surface area contributed by atoms with E-state index in [1.807, 2.05) is 19.1 Å². The van der Waals surface area contributed by atoms with Crippen molar-refractivity contribution in [1.82, 2.24) is 20.6 Å². The summed E-state index contributed by atoms with van der Waals surface area (Å²) in [6, 6.07) is 10.2. The van der Waals surface area contributed by atoms with Gasteiger partial charge in [-0.15, -0.1) is 10.2 Å². The number of aromatic nitrogens is 4. The molecule has 1 aromatic heterocycles. The van der Waals surface area contributed by atoms with Gasteiger partial charge >= 0.3 is 0 Å². The van der Waals surface area contributed by atoms with Crippen LogP contribution in [0.4, 0.5) is 0 Å². The van der Waals surface area contributed by atoms with Crippen LogP contribution < -0.4 is 17.2 Å². The highest BCUT2D eigenvalue weighted by atomic mass is 16.1. The van der Waals surface area contributed by atoms with E-state index in [4.69, 9.17) is 17.2 Å². The average molecular weight is 377 g/mol. The van der Waals surface area contributed by atoms with Crippen LogP contribution in [-0.4, -0.2) is 38.5 Å². The fourth-order valence-corrected chi connectivity index (χ4v) is 4.11. The molecule has 1 heterocycles. The predicted molar refractivity (Wildman–Crippen MR) is 101 cm³/mol. The SMILES string of the molecule is C[C@H](N)CC1(c2nn[nH]n2)c2ccc(C(N)=O)cc2-c2cc(C(N)=O)ccc21. The number of benzene rings is 2. The highest BCUT2D eigenvalue weighted by Gasteiger charge is 2.48. The fourth-order valence-electron chi connectivity index (χ4n) is 4.11. The standard InChI is InChI=1S/C19H19N7O2/c1-9(20)8-19(18-23-25-26-24-18)14-4-2-10(16(21)27)6-12(14)13-7-11(17(22)28)3-5-15(13)19/h2-7,9H,8,20H2,1H3,(H2,21,27)(H2,22,28)(H,23,24,25,26)/t9-/m0/s1. The fraction of sp³-hybridized carbons (Fsp3) is 0.211. The number of rotatable bonds is 5. The summed E-state index contributed by atoms with van der Waals surface area (Å²) in [5, 5.41) is 14.7. The second kappa shape index (κ2) is 6.24. The number of nitrogens with one attached hydrogen (secondary N) is 1. The van der Waals surface area contributed by atoms with Crippen LogP contribution in [0.15, 0.2) is 36.4 Å². The lowest BCUT2D eigenvalue weighted by atomic mass is 9.73. The first-order valence-electron chi connectivity index (χ1n) is 8.73. The van der Waals surface area contributed by atoms with Gasteiger partial charge in [0.25, 0.3) is 0 Å². The van der Waals surface area contributed by atoms with Crippen molar-refractivity contribution >= 4 is 11.8 Å². The number of aromatic amines is 1. The molecule has 2 aromatic carbocycles. The first kappa shape index (κ1) is 17.8. The highest BCUT2D eigenvalue weighted by Crippen LogP contribution is 2.54. The van der Waals surface area contributed by atoms with Crippen LogP contribution in [0.1, 0.15) is 51.0 Å². The summed E-state index contributed by atoms with van der Waals surface area (Å²) in [4.78, 5) is 23.5. The van der Waals surface area contributed by atoms with E-state index in [0.717, 1.165) is 22.3 Å². The molecule has 142 valence electrons. The zero-order valence-corrected chi connectivity index (χ0v) is 15.1. The number of primary amides is 2. The molecule has 9 nitrogen and oxygen atoms in total. The van der Waals surface area contributed by atoms with E-state index < -0.39 is 17.2 Å². The molecule has 0 fully saturated rings. The molecule has 0 aliphatic heterocycles. The molecule has 0 spiro atoms. The molecular weight excluding hydrogens is 358 g/mol. The molecule has 2 amide bonds. The van der Waals surface area contributed by atoms with E-state index in [-0.39, 0.29) is 6.04 Å². The number of fused-ring (bicyclic) bond motifs is 3. The van der Waals surface area contributed by atoms with Gasteiger partial charge in [0.2, 0.25) is 11.8 Å². The lowest BCUT2D eigenvalue weighted by Crippen LogP contribution is -2.35. The van der Waals surface area contributed by atoms with Gasteiger partial charge in [0.1, 0.15) is 0 Å². The Morgan fingerprint density at radius 3 is 1.96 bits per heavy atom. The predicted octanol–water partition coefficient (Wildman–Crippen LogP) is 0.450. The Morgan fingerprint density at radius 2 is 1.57 bits per heavy atom. The average Bonchev–Trinajstić information content (AvgIpc) is 3.27. The molecule has 1 aliphatic rings. The molecule has 0 bridgehead atoms. The van der Waals surface area contributed by atoms with Crippen molar-refractivity contribution < 1.29 is 9.59 Å². The molecule has 28 heavy (non-hydrogen) atoms. The maximum atomic E-state index is 11.7. The molecule has 4 rings (SSSR count). The third-order valence-electron chi connectivity index (χ3n) is 5.17. The minimum absolute atomic E-state index is 0.191. The molecule has 1 aliphatic carbocycles. The van der Waals surface area contributed by atoms with Crippen LogP contribution >= 0.6 is 0 Å². The summed E-state index contributed by atoms with van der Waals surface area (Å²) in [6.07, 6.45) is 0.498. The first-order valence-corrected chi connectivity index (χ1v) is 8.73. The summed E-state index contributed by atoms with van der Waals surface area (Å²) in [5.41, 5.74) is 20.4. The molecule has 0 saturated carbocycles. The van der Waals surface area contributed by atoms with Crippen LogP contribution in [0.3, 0.4) is 0 Å². The van der Waals surface area contributed by atoms with Crippen LogP contribution in [-0.2, 0) is 5.41 Å². The van der Waals surface area contributed by atoms with Gasteiger partial charge in [-0.2, -0.15) is 5.21 Å². The van der Waals surface area contributed by atoms with Crippen LogP contribution in [0.5, 0.6) is 0 Å². The molecule has 7 N–H and O–H groups in total. The zero-order chi connectivity index (χ0) is 20.1. The van der Waals surface area contributed by atoms with Crippen molar-refractivity contribution in [3.63, 3.8) is 0 Å². The van der Waals surface area contributed by atoms with Crippen molar-refractivity contribution in [3.05, 3.63) is 64.5 Å². The van der Waals surface area contributed by atoms with Crippen molar-refractivity contribution in [1.29, 1.82) is 0 Å². The largest absolute Gasteiger partial charge is 0.366 e. The minimum atomic E-state index is -0.780. The van der Waals surface area contributed by atoms with E-state index >= 15 is 0 Å². The van der Waals surface area contributed by atoms with Gasteiger partial charge in [-0.3, -0.25) is 9.59 Å². The Kier molecular flexibility index (Phi) is 3.97. The smallest absolute Gasteiger partial charge is 0.248 e. The molecule has 0 radical (unpaired) electrons. The number of carbonyl (C=O) groups excluding carboxylic acids is 2. The number of nitrogens with two attached hydrogens (primary N) is 3. The summed E-state index contributed by atoms with van der Waals surface area (Å²) in [5.74, 6) is -0.622. The van der Waals surface area contributed by atoms with Gasteiger partial charge in [-0.25, -0.2) is 0 Å². The third-order valence-corrected chi connectivity index (χ3v) is 5.17.